The fourth-order valence-electron chi connectivity index (χ4n) is 1.83. The maximum absolute atomic E-state index is 12.0. The molecule has 1 rings (SSSR count). The van der Waals surface area contributed by atoms with Crippen LogP contribution in [0.3, 0.4) is 0 Å². The Morgan fingerprint density at radius 2 is 1.93 bits per heavy atom. The van der Waals surface area contributed by atoms with Gasteiger partial charge in [-0.2, -0.15) is 0 Å². The molecular weight excluding hydrogens is 206 g/mol. The summed E-state index contributed by atoms with van der Waals surface area (Å²) in [5.74, 6) is 0.224. The molecule has 0 atom stereocenters. The minimum Gasteiger partial charge on any atom is -0.338 e. The molecule has 0 saturated carbocycles. The van der Waals surface area contributed by atoms with Crippen LogP contribution >= 0.6 is 11.3 Å². The highest BCUT2D eigenvalue weighted by Crippen LogP contribution is 2.13. The molecule has 84 valence electrons. The van der Waals surface area contributed by atoms with Crippen LogP contribution in [0.4, 0.5) is 0 Å². The Kier molecular flexibility index (Phi) is 4.33. The summed E-state index contributed by atoms with van der Waals surface area (Å²) in [6.45, 7) is 8.25. The summed E-state index contributed by atoms with van der Waals surface area (Å²) in [6, 6.07) is 4.55. The summed E-state index contributed by atoms with van der Waals surface area (Å²) in [7, 11) is 0. The highest BCUT2D eigenvalue weighted by molar-refractivity contribution is 7.10. The zero-order chi connectivity index (χ0) is 11.4. The molecule has 2 nitrogen and oxygen atoms in total. The van der Waals surface area contributed by atoms with Crippen LogP contribution in [0.1, 0.15) is 32.6 Å². The lowest BCUT2D eigenvalue weighted by Gasteiger charge is -2.30. The summed E-state index contributed by atoms with van der Waals surface area (Å²) in [6.07, 6.45) is 0.536. The highest BCUT2D eigenvalue weighted by Gasteiger charge is 2.20. The zero-order valence-corrected chi connectivity index (χ0v) is 10.7. The van der Waals surface area contributed by atoms with Gasteiger partial charge in [-0.15, -0.1) is 11.3 Å². The molecule has 0 fully saturated rings. The van der Waals surface area contributed by atoms with Gasteiger partial charge in [-0.3, -0.25) is 4.79 Å². The summed E-state index contributed by atoms with van der Waals surface area (Å²) in [5.41, 5.74) is 0. The number of carbonyl (C=O) groups excluding carboxylic acids is 1. The Hall–Kier alpha value is -0.830. The molecule has 1 heterocycles. The molecule has 0 aromatic carbocycles. The van der Waals surface area contributed by atoms with Gasteiger partial charge in [0.1, 0.15) is 0 Å². The van der Waals surface area contributed by atoms with Gasteiger partial charge in [0.15, 0.2) is 0 Å². The highest BCUT2D eigenvalue weighted by atomic mass is 32.1. The molecule has 0 N–H and O–H groups in total. The number of hydrogen-bond acceptors (Lipinski definition) is 2. The van der Waals surface area contributed by atoms with Crippen LogP contribution in [-0.2, 0) is 11.2 Å². The van der Waals surface area contributed by atoms with E-state index >= 15 is 0 Å². The quantitative estimate of drug-likeness (QED) is 0.771. The standard InChI is InChI=1S/C12H19NOS/c1-9(2)13(10(3)4)12(14)8-11-6-5-7-15-11/h5-7,9-10H,8H2,1-4H3. The van der Waals surface area contributed by atoms with Crippen molar-refractivity contribution < 1.29 is 4.79 Å². The van der Waals surface area contributed by atoms with Crippen LogP contribution in [-0.4, -0.2) is 22.9 Å². The summed E-state index contributed by atoms with van der Waals surface area (Å²) in [5, 5.41) is 2.01. The second-order valence-electron chi connectivity index (χ2n) is 4.24. The predicted molar refractivity (Wildman–Crippen MR) is 65.1 cm³/mol. The fraction of sp³-hybridized carbons (Fsp3) is 0.583. The van der Waals surface area contributed by atoms with Gasteiger partial charge in [-0.05, 0) is 39.1 Å². The van der Waals surface area contributed by atoms with Crippen LogP contribution in [0.15, 0.2) is 17.5 Å². The van der Waals surface area contributed by atoms with Crippen molar-refractivity contribution in [2.45, 2.75) is 46.2 Å². The van der Waals surface area contributed by atoms with E-state index in [1.165, 1.54) is 0 Å². The maximum Gasteiger partial charge on any atom is 0.228 e. The molecule has 0 radical (unpaired) electrons. The Bertz CT molecular complexity index is 295. The van der Waals surface area contributed by atoms with Gasteiger partial charge in [0.25, 0.3) is 0 Å². The van der Waals surface area contributed by atoms with Crippen LogP contribution in [0.2, 0.25) is 0 Å². The summed E-state index contributed by atoms with van der Waals surface area (Å²) >= 11 is 1.64. The van der Waals surface area contributed by atoms with E-state index in [1.54, 1.807) is 11.3 Å². The lowest BCUT2D eigenvalue weighted by molar-refractivity contribution is -0.133. The van der Waals surface area contributed by atoms with Crippen molar-refractivity contribution in [3.05, 3.63) is 22.4 Å². The molecule has 0 aliphatic heterocycles. The molecule has 0 saturated heterocycles. The average Bonchev–Trinajstić information content (AvgIpc) is 2.54. The van der Waals surface area contributed by atoms with E-state index in [-0.39, 0.29) is 18.0 Å². The van der Waals surface area contributed by atoms with Crippen molar-refractivity contribution in [1.29, 1.82) is 0 Å². The number of rotatable bonds is 4. The SMILES string of the molecule is CC(C)N(C(=O)Cc1cccs1)C(C)C. The summed E-state index contributed by atoms with van der Waals surface area (Å²) < 4.78 is 0. The zero-order valence-electron chi connectivity index (χ0n) is 9.86. The molecule has 3 heteroatoms. The largest absolute Gasteiger partial charge is 0.338 e. The second kappa shape index (κ2) is 5.31. The molecular formula is C12H19NOS. The summed E-state index contributed by atoms with van der Waals surface area (Å²) in [4.78, 5) is 15.1. The lowest BCUT2D eigenvalue weighted by atomic mass is 10.2. The van der Waals surface area contributed by atoms with Crippen molar-refractivity contribution in [3.8, 4) is 0 Å². The molecule has 0 aliphatic rings. The van der Waals surface area contributed by atoms with Crippen molar-refractivity contribution >= 4 is 17.2 Å². The lowest BCUT2D eigenvalue weighted by Crippen LogP contribution is -2.42. The Morgan fingerprint density at radius 1 is 1.33 bits per heavy atom. The van der Waals surface area contributed by atoms with E-state index in [0.717, 1.165) is 4.88 Å². The molecule has 0 spiro atoms. The second-order valence-corrected chi connectivity index (χ2v) is 5.28. The topological polar surface area (TPSA) is 20.3 Å². The first kappa shape index (κ1) is 12.2. The Labute approximate surface area is 95.9 Å². The van der Waals surface area contributed by atoms with Crippen LogP contribution in [0.5, 0.6) is 0 Å². The first-order valence-corrected chi connectivity index (χ1v) is 6.24. The monoisotopic (exact) mass is 225 g/mol. The third kappa shape index (κ3) is 3.34. The first-order valence-electron chi connectivity index (χ1n) is 5.36. The maximum atomic E-state index is 12.0. The number of hydrogen-bond donors (Lipinski definition) is 0. The van der Waals surface area contributed by atoms with Gasteiger partial charge in [0.05, 0.1) is 6.42 Å². The van der Waals surface area contributed by atoms with Crippen LogP contribution in [0, 0.1) is 0 Å². The van der Waals surface area contributed by atoms with Gasteiger partial charge in [0, 0.05) is 17.0 Å². The van der Waals surface area contributed by atoms with E-state index in [1.807, 2.05) is 22.4 Å². The molecule has 0 bridgehead atoms. The number of thiophene rings is 1. The number of nitrogens with zero attached hydrogens (tertiary/aromatic N) is 1. The third-order valence-corrected chi connectivity index (χ3v) is 3.18. The van der Waals surface area contributed by atoms with Gasteiger partial charge >= 0.3 is 0 Å². The van der Waals surface area contributed by atoms with Crippen LogP contribution in [0.25, 0.3) is 0 Å². The van der Waals surface area contributed by atoms with Gasteiger partial charge in [-0.25, -0.2) is 0 Å². The number of amides is 1. The van der Waals surface area contributed by atoms with Crippen molar-refractivity contribution in [2.24, 2.45) is 0 Å². The van der Waals surface area contributed by atoms with Gasteiger partial charge in [-0.1, -0.05) is 6.07 Å². The molecule has 1 aromatic heterocycles. The van der Waals surface area contributed by atoms with Crippen molar-refractivity contribution in [3.63, 3.8) is 0 Å². The van der Waals surface area contributed by atoms with Gasteiger partial charge in [0.2, 0.25) is 5.91 Å². The molecule has 1 aromatic rings. The van der Waals surface area contributed by atoms with Crippen molar-refractivity contribution in [1.82, 2.24) is 4.90 Å². The molecule has 15 heavy (non-hydrogen) atoms. The molecule has 0 unspecified atom stereocenters. The fourth-order valence-corrected chi connectivity index (χ4v) is 2.52. The minimum absolute atomic E-state index is 0.224. The van der Waals surface area contributed by atoms with E-state index in [4.69, 9.17) is 0 Å². The smallest absolute Gasteiger partial charge is 0.228 e. The van der Waals surface area contributed by atoms with Crippen LogP contribution < -0.4 is 0 Å². The normalized spacial score (nSPS) is 11.1. The molecule has 1 amide bonds. The van der Waals surface area contributed by atoms with Gasteiger partial charge < -0.3 is 4.90 Å². The first-order chi connectivity index (χ1) is 7.02. The average molecular weight is 225 g/mol. The van der Waals surface area contributed by atoms with E-state index < -0.39 is 0 Å². The number of carbonyl (C=O) groups is 1. The Balaban J connectivity index is 2.65. The van der Waals surface area contributed by atoms with E-state index in [2.05, 4.69) is 27.7 Å². The third-order valence-electron chi connectivity index (χ3n) is 2.31. The van der Waals surface area contributed by atoms with E-state index in [0.29, 0.717) is 6.42 Å². The predicted octanol–water partition coefficient (Wildman–Crippen LogP) is 2.94. The Morgan fingerprint density at radius 3 is 2.33 bits per heavy atom. The van der Waals surface area contributed by atoms with E-state index in [9.17, 15) is 4.79 Å². The van der Waals surface area contributed by atoms with Crippen molar-refractivity contribution in [2.75, 3.05) is 0 Å². The molecule has 0 aliphatic carbocycles. The minimum atomic E-state index is 0.224.